The lowest BCUT2D eigenvalue weighted by Gasteiger charge is -2.39. The molecule has 1 atom stereocenters. The van der Waals surface area contributed by atoms with Crippen LogP contribution in [0.5, 0.6) is 11.5 Å². The van der Waals surface area contributed by atoms with Crippen molar-refractivity contribution in [1.82, 2.24) is 10.0 Å². The van der Waals surface area contributed by atoms with E-state index in [0.717, 1.165) is 19.4 Å². The van der Waals surface area contributed by atoms with E-state index >= 15 is 0 Å². The molecular weight excluding hydrogens is 316 g/mol. The second kappa shape index (κ2) is 6.30. The molecule has 0 radical (unpaired) electrons. The van der Waals surface area contributed by atoms with Crippen molar-refractivity contribution in [3.8, 4) is 11.5 Å². The molecule has 2 heterocycles. The number of fused-ring (bicyclic) bond motifs is 1. The molecule has 1 fully saturated rings. The summed E-state index contributed by atoms with van der Waals surface area (Å²) >= 11 is 0. The van der Waals surface area contributed by atoms with E-state index in [2.05, 4.69) is 23.9 Å². The Morgan fingerprint density at radius 1 is 1.26 bits per heavy atom. The lowest BCUT2D eigenvalue weighted by Crippen LogP contribution is -2.52. The van der Waals surface area contributed by atoms with E-state index in [1.807, 2.05) is 0 Å². The van der Waals surface area contributed by atoms with Gasteiger partial charge in [0, 0.05) is 18.7 Å². The summed E-state index contributed by atoms with van der Waals surface area (Å²) in [7, 11) is -3.57. The van der Waals surface area contributed by atoms with Crippen LogP contribution in [0, 0.1) is 5.41 Å². The highest BCUT2D eigenvalue weighted by molar-refractivity contribution is 7.89. The van der Waals surface area contributed by atoms with Gasteiger partial charge in [-0.3, -0.25) is 0 Å². The van der Waals surface area contributed by atoms with Crippen molar-refractivity contribution in [2.75, 3.05) is 26.3 Å². The predicted molar refractivity (Wildman–Crippen MR) is 87.4 cm³/mol. The molecule has 0 saturated carbocycles. The fourth-order valence-electron chi connectivity index (χ4n) is 3.09. The van der Waals surface area contributed by atoms with Gasteiger partial charge >= 0.3 is 0 Å². The third-order valence-electron chi connectivity index (χ3n) is 4.63. The lowest BCUT2D eigenvalue weighted by molar-refractivity contribution is 0.171. The first-order valence-electron chi connectivity index (χ1n) is 8.01. The summed E-state index contributed by atoms with van der Waals surface area (Å²) in [5, 5.41) is 3.41. The van der Waals surface area contributed by atoms with Gasteiger partial charge < -0.3 is 14.8 Å². The molecule has 2 aliphatic heterocycles. The Kier molecular flexibility index (Phi) is 4.53. The number of benzene rings is 1. The largest absolute Gasteiger partial charge is 0.486 e. The summed E-state index contributed by atoms with van der Waals surface area (Å²) < 4.78 is 38.7. The molecule has 1 aromatic rings. The molecule has 6 nitrogen and oxygen atoms in total. The summed E-state index contributed by atoms with van der Waals surface area (Å²) in [6.45, 7) is 6.57. The van der Waals surface area contributed by atoms with Gasteiger partial charge in [-0.25, -0.2) is 13.1 Å². The summed E-state index contributed by atoms with van der Waals surface area (Å²) in [6, 6.07) is 4.85. The Labute approximate surface area is 137 Å². The van der Waals surface area contributed by atoms with Crippen LogP contribution in [0.2, 0.25) is 0 Å². The molecule has 0 bridgehead atoms. The van der Waals surface area contributed by atoms with E-state index in [1.165, 1.54) is 6.07 Å². The van der Waals surface area contributed by atoms with Crippen LogP contribution < -0.4 is 19.5 Å². The number of hydrogen-bond acceptors (Lipinski definition) is 5. The average molecular weight is 340 g/mol. The summed E-state index contributed by atoms with van der Waals surface area (Å²) in [5.74, 6) is 1.07. The topological polar surface area (TPSA) is 76.7 Å². The molecule has 1 unspecified atom stereocenters. The number of sulfonamides is 1. The molecule has 1 saturated heterocycles. The quantitative estimate of drug-likeness (QED) is 0.869. The minimum atomic E-state index is -3.57. The summed E-state index contributed by atoms with van der Waals surface area (Å²) in [4.78, 5) is 0.204. The molecule has 0 aliphatic carbocycles. The molecule has 128 valence electrons. The minimum absolute atomic E-state index is 0.0770. The van der Waals surface area contributed by atoms with E-state index in [1.54, 1.807) is 12.1 Å². The molecule has 2 aliphatic rings. The summed E-state index contributed by atoms with van der Waals surface area (Å²) in [6.07, 6.45) is 2.22. The number of ether oxygens (including phenoxy) is 2. The highest BCUT2D eigenvalue weighted by Gasteiger charge is 2.33. The van der Waals surface area contributed by atoms with Crippen LogP contribution in [-0.4, -0.2) is 40.8 Å². The molecule has 3 rings (SSSR count). The van der Waals surface area contributed by atoms with Gasteiger partial charge in [-0.05, 0) is 36.9 Å². The predicted octanol–water partition coefficient (Wildman–Crippen LogP) is 1.51. The van der Waals surface area contributed by atoms with E-state index in [4.69, 9.17) is 9.47 Å². The molecule has 0 amide bonds. The van der Waals surface area contributed by atoms with Crippen molar-refractivity contribution >= 4 is 10.0 Å². The average Bonchev–Trinajstić information content (AvgIpc) is 2.53. The highest BCUT2D eigenvalue weighted by Crippen LogP contribution is 2.33. The number of nitrogens with one attached hydrogen (secondary N) is 2. The van der Waals surface area contributed by atoms with Gasteiger partial charge in [-0.1, -0.05) is 13.8 Å². The summed E-state index contributed by atoms with van der Waals surface area (Å²) in [5.41, 5.74) is 0.0770. The van der Waals surface area contributed by atoms with Crippen molar-refractivity contribution in [1.29, 1.82) is 0 Å². The molecule has 23 heavy (non-hydrogen) atoms. The molecule has 1 aromatic carbocycles. The Bertz CT molecular complexity index is 673. The maximum absolute atomic E-state index is 12.5. The number of piperidine rings is 1. The molecule has 0 spiro atoms. The fraction of sp³-hybridized carbons (Fsp3) is 0.625. The maximum Gasteiger partial charge on any atom is 0.240 e. The van der Waals surface area contributed by atoms with Gasteiger partial charge in [0.05, 0.1) is 4.90 Å². The van der Waals surface area contributed by atoms with Gasteiger partial charge in [0.2, 0.25) is 10.0 Å². The van der Waals surface area contributed by atoms with Gasteiger partial charge in [-0.2, -0.15) is 0 Å². The van der Waals surface area contributed by atoms with Crippen LogP contribution in [0.25, 0.3) is 0 Å². The van der Waals surface area contributed by atoms with E-state index in [9.17, 15) is 8.42 Å². The van der Waals surface area contributed by atoms with Gasteiger partial charge in [-0.15, -0.1) is 0 Å². The minimum Gasteiger partial charge on any atom is -0.486 e. The van der Waals surface area contributed by atoms with Crippen LogP contribution >= 0.6 is 0 Å². The third-order valence-corrected chi connectivity index (χ3v) is 6.05. The zero-order chi connectivity index (χ0) is 16.5. The lowest BCUT2D eigenvalue weighted by atomic mass is 9.78. The third kappa shape index (κ3) is 3.62. The first kappa shape index (κ1) is 16.5. The van der Waals surface area contributed by atoms with Crippen molar-refractivity contribution < 1.29 is 17.9 Å². The molecule has 2 N–H and O–H groups in total. The first-order chi connectivity index (χ1) is 10.9. The van der Waals surface area contributed by atoms with Crippen molar-refractivity contribution in [3.05, 3.63) is 18.2 Å². The molecule has 0 aromatic heterocycles. The van der Waals surface area contributed by atoms with E-state index < -0.39 is 10.0 Å². The maximum atomic E-state index is 12.5. The first-order valence-corrected chi connectivity index (χ1v) is 9.49. The highest BCUT2D eigenvalue weighted by atomic mass is 32.2. The van der Waals surface area contributed by atoms with Gasteiger partial charge in [0.15, 0.2) is 11.5 Å². The Balaban J connectivity index is 1.71. The Morgan fingerprint density at radius 3 is 2.74 bits per heavy atom. The second-order valence-electron chi connectivity index (χ2n) is 6.76. The van der Waals surface area contributed by atoms with Crippen LogP contribution in [0.4, 0.5) is 0 Å². The zero-order valence-corrected chi connectivity index (χ0v) is 14.4. The van der Waals surface area contributed by atoms with Crippen molar-refractivity contribution in [2.24, 2.45) is 5.41 Å². The smallest absolute Gasteiger partial charge is 0.240 e. The van der Waals surface area contributed by atoms with E-state index in [-0.39, 0.29) is 16.4 Å². The second-order valence-corrected chi connectivity index (χ2v) is 8.52. The Morgan fingerprint density at radius 2 is 2.00 bits per heavy atom. The molecule has 7 heteroatoms. The Hall–Kier alpha value is -1.31. The van der Waals surface area contributed by atoms with Crippen LogP contribution in [0.1, 0.15) is 26.7 Å². The fourth-order valence-corrected chi connectivity index (χ4v) is 4.15. The number of rotatable bonds is 4. The van der Waals surface area contributed by atoms with Crippen molar-refractivity contribution in [3.63, 3.8) is 0 Å². The van der Waals surface area contributed by atoms with Gasteiger partial charge in [0.1, 0.15) is 13.2 Å². The zero-order valence-electron chi connectivity index (χ0n) is 13.6. The van der Waals surface area contributed by atoms with Crippen LogP contribution in [0.3, 0.4) is 0 Å². The molecular formula is C16H24N2O4S. The normalized spacial score (nSPS) is 23.5. The standard InChI is InChI=1S/C16H24N2O4S/c1-16(2)6-3-7-17-15(16)11-18-23(19,20)12-4-5-13-14(10-12)22-9-8-21-13/h4-5,10,15,17-18H,3,6-9,11H2,1-2H3. The SMILES string of the molecule is CC1(C)CCCNC1CNS(=O)(=O)c1ccc2c(c1)OCCO2. The van der Waals surface area contributed by atoms with Crippen LogP contribution in [-0.2, 0) is 10.0 Å². The number of hydrogen-bond donors (Lipinski definition) is 2. The van der Waals surface area contributed by atoms with Crippen LogP contribution in [0.15, 0.2) is 23.1 Å². The van der Waals surface area contributed by atoms with Crippen molar-refractivity contribution in [2.45, 2.75) is 37.6 Å². The van der Waals surface area contributed by atoms with E-state index in [0.29, 0.717) is 31.3 Å². The van der Waals surface area contributed by atoms with Gasteiger partial charge in [0.25, 0.3) is 0 Å². The monoisotopic (exact) mass is 340 g/mol.